The smallest absolute Gasteiger partial charge is 0.268 e. The molecule has 1 aromatic heterocycles. The van der Waals surface area contributed by atoms with E-state index in [0.29, 0.717) is 23.4 Å². The molecule has 104 valence electrons. The second-order valence-electron chi connectivity index (χ2n) is 4.34. The van der Waals surface area contributed by atoms with Crippen LogP contribution in [0.15, 0.2) is 64.5 Å². The number of hydrogen-bond donors (Lipinski definition) is 0. The maximum Gasteiger partial charge on any atom is 0.268 e. The van der Waals surface area contributed by atoms with Crippen molar-refractivity contribution in [2.24, 2.45) is 0 Å². The van der Waals surface area contributed by atoms with Crippen LogP contribution < -0.4 is 10.3 Å². The summed E-state index contributed by atoms with van der Waals surface area (Å²) in [6.07, 6.45) is 4.30. The van der Waals surface area contributed by atoms with Gasteiger partial charge in [0.25, 0.3) is 5.56 Å². The Morgan fingerprint density at radius 2 is 2.00 bits per heavy atom. The predicted octanol–water partition coefficient (Wildman–Crippen LogP) is 3.77. The fourth-order valence-corrected chi connectivity index (χ4v) is 2.26. The maximum absolute atomic E-state index is 12.1. The molecule has 0 radical (unpaired) electrons. The summed E-state index contributed by atoms with van der Waals surface area (Å²) in [6, 6.07) is 11.7. The van der Waals surface area contributed by atoms with E-state index in [1.165, 1.54) is 0 Å². The fraction of sp³-hybridized carbons (Fsp3) is 0.188. The lowest BCUT2D eigenvalue weighted by atomic mass is 10.2. The Labute approximate surface area is 126 Å². The Kier molecular flexibility index (Phi) is 5.18. The topological polar surface area (TPSA) is 31.2 Å². The summed E-state index contributed by atoms with van der Waals surface area (Å²) in [7, 11) is 0. The zero-order chi connectivity index (χ0) is 14.4. The van der Waals surface area contributed by atoms with Gasteiger partial charge in [-0.15, -0.1) is 6.58 Å². The number of aromatic nitrogens is 1. The molecule has 2 rings (SSSR count). The molecule has 2 aromatic rings. The molecule has 3 nitrogen and oxygen atoms in total. The first kappa shape index (κ1) is 14.6. The molecule has 0 saturated carbocycles. The molecule has 0 N–H and O–H groups in total. The van der Waals surface area contributed by atoms with Crippen molar-refractivity contribution in [3.8, 4) is 5.75 Å². The van der Waals surface area contributed by atoms with Crippen LogP contribution in [-0.4, -0.2) is 4.57 Å². The number of pyridine rings is 1. The maximum atomic E-state index is 12.1. The molecule has 0 saturated heterocycles. The molecule has 0 bridgehead atoms. The van der Waals surface area contributed by atoms with Crippen molar-refractivity contribution in [3.63, 3.8) is 0 Å². The normalized spacial score (nSPS) is 10.2. The molecule has 0 unspecified atom stereocenters. The van der Waals surface area contributed by atoms with Crippen LogP contribution >= 0.6 is 15.9 Å². The van der Waals surface area contributed by atoms with Crippen LogP contribution in [0.2, 0.25) is 0 Å². The lowest BCUT2D eigenvalue weighted by Crippen LogP contribution is -2.20. The molecule has 0 aliphatic carbocycles. The first-order valence-corrected chi connectivity index (χ1v) is 7.18. The summed E-state index contributed by atoms with van der Waals surface area (Å²) in [5, 5.41) is 0. The van der Waals surface area contributed by atoms with Crippen LogP contribution in [0.1, 0.15) is 12.0 Å². The molecule has 0 aliphatic rings. The zero-order valence-corrected chi connectivity index (χ0v) is 12.7. The van der Waals surface area contributed by atoms with E-state index in [0.717, 1.165) is 12.0 Å². The van der Waals surface area contributed by atoms with E-state index in [4.69, 9.17) is 4.74 Å². The van der Waals surface area contributed by atoms with Gasteiger partial charge in [-0.1, -0.05) is 36.4 Å². The highest BCUT2D eigenvalue weighted by molar-refractivity contribution is 9.10. The number of ether oxygens (including phenoxy) is 1. The summed E-state index contributed by atoms with van der Waals surface area (Å²) >= 11 is 3.31. The summed E-state index contributed by atoms with van der Waals surface area (Å²) < 4.78 is 7.78. The van der Waals surface area contributed by atoms with E-state index in [1.807, 2.05) is 30.3 Å². The molecular weight excluding hydrogens is 318 g/mol. The number of hydrogen-bond acceptors (Lipinski definition) is 2. The second-order valence-corrected chi connectivity index (χ2v) is 5.14. The monoisotopic (exact) mass is 333 g/mol. The number of aryl methyl sites for hydroxylation is 1. The van der Waals surface area contributed by atoms with E-state index in [1.54, 1.807) is 22.9 Å². The summed E-state index contributed by atoms with van der Waals surface area (Å²) in [5.41, 5.74) is 0.979. The molecule has 1 heterocycles. The number of nitrogens with zero attached hydrogens (tertiary/aromatic N) is 1. The van der Waals surface area contributed by atoms with Crippen LogP contribution in [0.4, 0.5) is 0 Å². The Bertz CT molecular complexity index is 635. The lowest BCUT2D eigenvalue weighted by molar-refractivity contribution is 0.302. The van der Waals surface area contributed by atoms with E-state index in [9.17, 15) is 4.79 Å². The number of halogens is 1. The third-order valence-electron chi connectivity index (χ3n) is 2.88. The average molecular weight is 334 g/mol. The highest BCUT2D eigenvalue weighted by atomic mass is 79.9. The number of allylic oxidation sites excluding steroid dienone is 1. The quantitative estimate of drug-likeness (QED) is 0.753. The van der Waals surface area contributed by atoms with Crippen molar-refractivity contribution in [3.05, 3.63) is 75.6 Å². The van der Waals surface area contributed by atoms with Crippen LogP contribution in [0.5, 0.6) is 5.75 Å². The predicted molar refractivity (Wildman–Crippen MR) is 84.0 cm³/mol. The van der Waals surface area contributed by atoms with Crippen molar-refractivity contribution in [1.29, 1.82) is 0 Å². The van der Waals surface area contributed by atoms with E-state index in [2.05, 4.69) is 22.5 Å². The molecule has 0 atom stereocenters. The van der Waals surface area contributed by atoms with Gasteiger partial charge in [-0.3, -0.25) is 4.79 Å². The van der Waals surface area contributed by atoms with Crippen molar-refractivity contribution in [1.82, 2.24) is 4.57 Å². The summed E-state index contributed by atoms with van der Waals surface area (Å²) in [6.45, 7) is 4.72. The minimum Gasteiger partial charge on any atom is -0.487 e. The molecule has 0 aliphatic heterocycles. The summed E-state index contributed by atoms with van der Waals surface area (Å²) in [4.78, 5) is 12.1. The zero-order valence-electron chi connectivity index (χ0n) is 11.1. The van der Waals surface area contributed by atoms with E-state index < -0.39 is 0 Å². The van der Waals surface area contributed by atoms with Gasteiger partial charge in [0.05, 0.1) is 0 Å². The Morgan fingerprint density at radius 3 is 2.70 bits per heavy atom. The third kappa shape index (κ3) is 3.61. The number of benzene rings is 1. The van der Waals surface area contributed by atoms with Crippen molar-refractivity contribution >= 4 is 15.9 Å². The van der Waals surface area contributed by atoms with E-state index >= 15 is 0 Å². The minimum absolute atomic E-state index is 0.0857. The molecule has 0 amide bonds. The average Bonchev–Trinajstić information content (AvgIpc) is 2.49. The Hall–Kier alpha value is -1.81. The second kappa shape index (κ2) is 7.10. The van der Waals surface area contributed by atoms with Crippen molar-refractivity contribution in [2.75, 3.05) is 0 Å². The largest absolute Gasteiger partial charge is 0.487 e. The van der Waals surface area contributed by atoms with Crippen LogP contribution in [-0.2, 0) is 13.2 Å². The summed E-state index contributed by atoms with van der Waals surface area (Å²) in [5.74, 6) is 0.564. The first-order valence-electron chi connectivity index (χ1n) is 6.39. The molecule has 4 heteroatoms. The molecule has 0 spiro atoms. The first-order chi connectivity index (χ1) is 9.72. The van der Waals surface area contributed by atoms with Gasteiger partial charge in [-0.05, 0) is 34.0 Å². The van der Waals surface area contributed by atoms with Gasteiger partial charge >= 0.3 is 0 Å². The third-order valence-corrected chi connectivity index (χ3v) is 3.61. The van der Waals surface area contributed by atoms with Gasteiger partial charge in [0.15, 0.2) is 0 Å². The molecule has 0 fully saturated rings. The van der Waals surface area contributed by atoms with Gasteiger partial charge in [0.2, 0.25) is 0 Å². The fourth-order valence-electron chi connectivity index (χ4n) is 1.78. The molecule has 1 aromatic carbocycles. The van der Waals surface area contributed by atoms with Gasteiger partial charge in [0, 0.05) is 12.7 Å². The van der Waals surface area contributed by atoms with Crippen molar-refractivity contribution < 1.29 is 4.74 Å². The van der Waals surface area contributed by atoms with Crippen LogP contribution in [0.3, 0.4) is 0 Å². The van der Waals surface area contributed by atoms with Gasteiger partial charge in [0.1, 0.15) is 16.8 Å². The van der Waals surface area contributed by atoms with Crippen molar-refractivity contribution in [2.45, 2.75) is 19.6 Å². The number of rotatable bonds is 6. The van der Waals surface area contributed by atoms with Crippen LogP contribution in [0.25, 0.3) is 0 Å². The van der Waals surface area contributed by atoms with Gasteiger partial charge < -0.3 is 9.30 Å². The van der Waals surface area contributed by atoms with E-state index in [-0.39, 0.29) is 5.56 Å². The highest BCUT2D eigenvalue weighted by Crippen LogP contribution is 2.21. The highest BCUT2D eigenvalue weighted by Gasteiger charge is 2.08. The molecular formula is C16H16BrNO2. The minimum atomic E-state index is -0.0857. The van der Waals surface area contributed by atoms with Gasteiger partial charge in [-0.2, -0.15) is 0 Å². The SMILES string of the molecule is C=CCCn1ccc(OCc2ccccc2)c(Br)c1=O. The van der Waals surface area contributed by atoms with Crippen LogP contribution in [0, 0.1) is 0 Å². The molecule has 20 heavy (non-hydrogen) atoms. The Morgan fingerprint density at radius 1 is 1.25 bits per heavy atom. The Balaban J connectivity index is 2.11. The lowest BCUT2D eigenvalue weighted by Gasteiger charge is -2.10. The standard InChI is InChI=1S/C16H16BrNO2/c1-2-3-10-18-11-9-14(15(17)16(18)19)20-12-13-7-5-4-6-8-13/h2,4-9,11H,1,3,10,12H2. The van der Waals surface area contributed by atoms with Gasteiger partial charge in [-0.25, -0.2) is 0 Å².